The van der Waals surface area contributed by atoms with Gasteiger partial charge in [-0.2, -0.15) is 0 Å². The van der Waals surface area contributed by atoms with Crippen LogP contribution in [0.5, 0.6) is 5.75 Å². The molecule has 0 aliphatic carbocycles. The number of fused-ring (bicyclic) bond motifs is 4. The fraction of sp³-hybridized carbons (Fsp3) is 0.0278. The number of hydrogen-bond donors (Lipinski definition) is 2. The fourth-order valence-corrected chi connectivity index (χ4v) is 5.51. The van der Waals surface area contributed by atoms with Gasteiger partial charge < -0.3 is 10.4 Å². The van der Waals surface area contributed by atoms with Crippen LogP contribution in [0, 0.1) is 0 Å². The Kier molecular flexibility index (Phi) is 5.68. The van der Waals surface area contributed by atoms with Crippen molar-refractivity contribution in [3.05, 3.63) is 139 Å². The third kappa shape index (κ3) is 4.24. The molecule has 0 aromatic heterocycles. The minimum absolute atomic E-state index is 0.218. The number of anilines is 1. The molecule has 2 N–H and O–H groups in total. The first-order valence-corrected chi connectivity index (χ1v) is 13.2. The van der Waals surface area contributed by atoms with Crippen LogP contribution >= 0.6 is 0 Å². The van der Waals surface area contributed by atoms with Gasteiger partial charge in [0.1, 0.15) is 5.75 Å². The molecule has 186 valence electrons. The van der Waals surface area contributed by atoms with Gasteiger partial charge in [0.2, 0.25) is 0 Å². The normalized spacial score (nSPS) is 11.7. The third-order valence-electron chi connectivity index (χ3n) is 7.48. The van der Waals surface area contributed by atoms with Crippen molar-refractivity contribution in [1.82, 2.24) is 0 Å². The molecule has 0 saturated carbocycles. The van der Waals surface area contributed by atoms with E-state index in [-0.39, 0.29) is 5.75 Å². The number of phenolic OH excluding ortho intramolecular Hbond substituents is 1. The molecule has 0 amide bonds. The van der Waals surface area contributed by atoms with E-state index < -0.39 is 0 Å². The zero-order valence-electron chi connectivity index (χ0n) is 21.3. The summed E-state index contributed by atoms with van der Waals surface area (Å²) < 4.78 is 0. The summed E-state index contributed by atoms with van der Waals surface area (Å²) in [6.45, 7) is 0.655. The smallest absolute Gasteiger partial charge is 0.124 e. The number of benzene rings is 7. The van der Waals surface area contributed by atoms with Crippen molar-refractivity contribution >= 4 is 60.7 Å². The predicted octanol–water partition coefficient (Wildman–Crippen LogP) is 9.37. The quantitative estimate of drug-likeness (QED) is 0.182. The Hall–Kier alpha value is -5.15. The molecule has 7 aromatic rings. The van der Waals surface area contributed by atoms with Gasteiger partial charge in [-0.05, 0) is 72.9 Å². The van der Waals surface area contributed by atoms with Crippen LogP contribution < -0.4 is 5.32 Å². The second kappa shape index (κ2) is 9.62. The molecule has 0 atom stereocenters. The number of nitrogens with zero attached hydrogens (tertiary/aromatic N) is 1. The van der Waals surface area contributed by atoms with Crippen molar-refractivity contribution in [2.24, 2.45) is 4.99 Å². The Balaban J connectivity index is 1.34. The average molecular weight is 503 g/mol. The standard InChI is InChI=1S/C36H26N2O/c39-36-18-17-24-9-3-6-14-29(24)33(36)23-38-35-21-26-11-2-1-10-25(26)20-34(35)37-22-32-30-15-7-4-12-27(30)19-28-13-5-8-16-31(28)32/h1-21,23,37,39H,22H2. The molecule has 0 saturated heterocycles. The van der Waals surface area contributed by atoms with Gasteiger partial charge in [-0.15, -0.1) is 0 Å². The molecule has 7 aromatic carbocycles. The lowest BCUT2D eigenvalue weighted by molar-refractivity contribution is 0.475. The molecule has 0 radical (unpaired) electrons. The molecule has 0 fully saturated rings. The topological polar surface area (TPSA) is 44.6 Å². The predicted molar refractivity (Wildman–Crippen MR) is 166 cm³/mol. The largest absolute Gasteiger partial charge is 0.507 e. The molecule has 0 spiro atoms. The van der Waals surface area contributed by atoms with Gasteiger partial charge in [-0.25, -0.2) is 0 Å². The molecule has 3 nitrogen and oxygen atoms in total. The zero-order valence-corrected chi connectivity index (χ0v) is 21.3. The van der Waals surface area contributed by atoms with E-state index in [1.807, 2.05) is 36.4 Å². The van der Waals surface area contributed by atoms with Crippen molar-refractivity contribution in [2.45, 2.75) is 6.54 Å². The summed E-state index contributed by atoms with van der Waals surface area (Å²) in [5.74, 6) is 0.218. The van der Waals surface area contributed by atoms with Crippen LogP contribution in [0.3, 0.4) is 0 Å². The van der Waals surface area contributed by atoms with E-state index in [0.717, 1.165) is 32.9 Å². The number of rotatable bonds is 5. The first-order chi connectivity index (χ1) is 19.2. The van der Waals surface area contributed by atoms with Crippen LogP contribution in [0.15, 0.2) is 132 Å². The Morgan fingerprint density at radius 1 is 0.564 bits per heavy atom. The molecule has 0 unspecified atom stereocenters. The lowest BCUT2D eigenvalue weighted by Crippen LogP contribution is -2.02. The van der Waals surface area contributed by atoms with E-state index in [0.29, 0.717) is 12.1 Å². The Morgan fingerprint density at radius 3 is 1.82 bits per heavy atom. The van der Waals surface area contributed by atoms with Gasteiger partial charge in [0.15, 0.2) is 0 Å². The highest BCUT2D eigenvalue weighted by atomic mass is 16.3. The van der Waals surface area contributed by atoms with Gasteiger partial charge in [0.25, 0.3) is 0 Å². The van der Waals surface area contributed by atoms with E-state index in [1.165, 1.54) is 27.1 Å². The number of phenols is 1. The van der Waals surface area contributed by atoms with Crippen LogP contribution in [0.1, 0.15) is 11.1 Å². The molecular weight excluding hydrogens is 476 g/mol. The monoisotopic (exact) mass is 502 g/mol. The number of hydrogen-bond acceptors (Lipinski definition) is 3. The maximum absolute atomic E-state index is 10.7. The lowest BCUT2D eigenvalue weighted by atomic mass is 9.96. The van der Waals surface area contributed by atoms with Crippen LogP contribution in [-0.2, 0) is 6.54 Å². The van der Waals surface area contributed by atoms with Gasteiger partial charge in [0.05, 0.1) is 11.4 Å². The van der Waals surface area contributed by atoms with Crippen LogP contribution in [0.2, 0.25) is 0 Å². The van der Waals surface area contributed by atoms with Crippen molar-refractivity contribution in [1.29, 1.82) is 0 Å². The third-order valence-corrected chi connectivity index (χ3v) is 7.48. The minimum Gasteiger partial charge on any atom is -0.507 e. The summed E-state index contributed by atoms with van der Waals surface area (Å²) in [4.78, 5) is 4.93. The fourth-order valence-electron chi connectivity index (χ4n) is 5.51. The van der Waals surface area contributed by atoms with E-state index in [9.17, 15) is 5.11 Å². The van der Waals surface area contributed by atoms with E-state index in [1.54, 1.807) is 12.3 Å². The highest BCUT2D eigenvalue weighted by Crippen LogP contribution is 2.34. The molecule has 0 bridgehead atoms. The van der Waals surface area contributed by atoms with Gasteiger partial charge >= 0.3 is 0 Å². The van der Waals surface area contributed by atoms with Crippen molar-refractivity contribution in [3.63, 3.8) is 0 Å². The molecule has 39 heavy (non-hydrogen) atoms. The van der Waals surface area contributed by atoms with Crippen LogP contribution in [0.25, 0.3) is 43.1 Å². The Bertz CT molecular complexity index is 1990. The highest BCUT2D eigenvalue weighted by molar-refractivity contribution is 6.05. The SMILES string of the molecule is Oc1ccc2ccccc2c1C=Nc1cc2ccccc2cc1NCc1c2ccccc2cc2ccccc12. The van der Waals surface area contributed by atoms with Gasteiger partial charge in [-0.3, -0.25) is 4.99 Å². The summed E-state index contributed by atoms with van der Waals surface area (Å²) in [6.07, 6.45) is 1.78. The summed E-state index contributed by atoms with van der Waals surface area (Å²) in [7, 11) is 0. The first-order valence-electron chi connectivity index (χ1n) is 13.2. The van der Waals surface area contributed by atoms with Crippen molar-refractivity contribution in [2.75, 3.05) is 5.32 Å². The maximum Gasteiger partial charge on any atom is 0.124 e. The molecular formula is C36H26N2O. The van der Waals surface area contributed by atoms with Gasteiger partial charge in [-0.1, -0.05) is 103 Å². The lowest BCUT2D eigenvalue weighted by Gasteiger charge is -2.15. The first kappa shape index (κ1) is 23.0. The number of aromatic hydroxyl groups is 1. The molecule has 0 aliphatic rings. The van der Waals surface area contributed by atoms with E-state index in [4.69, 9.17) is 4.99 Å². The minimum atomic E-state index is 0.218. The Labute approximate surface area is 226 Å². The molecule has 7 rings (SSSR count). The summed E-state index contributed by atoms with van der Waals surface area (Å²) >= 11 is 0. The maximum atomic E-state index is 10.7. The summed E-state index contributed by atoms with van der Waals surface area (Å²) in [5, 5.41) is 23.7. The van der Waals surface area contributed by atoms with Crippen molar-refractivity contribution < 1.29 is 5.11 Å². The zero-order chi connectivity index (χ0) is 26.2. The van der Waals surface area contributed by atoms with Gasteiger partial charge in [0, 0.05) is 18.3 Å². The van der Waals surface area contributed by atoms with Crippen molar-refractivity contribution in [3.8, 4) is 5.75 Å². The van der Waals surface area contributed by atoms with Crippen LogP contribution in [0.4, 0.5) is 11.4 Å². The highest BCUT2D eigenvalue weighted by Gasteiger charge is 2.11. The second-order valence-electron chi connectivity index (χ2n) is 9.85. The molecule has 3 heteroatoms. The second-order valence-corrected chi connectivity index (χ2v) is 9.85. The Morgan fingerprint density at radius 2 is 1.13 bits per heavy atom. The van der Waals surface area contributed by atoms with Crippen LogP contribution in [-0.4, -0.2) is 11.3 Å². The van der Waals surface area contributed by atoms with E-state index >= 15 is 0 Å². The number of aliphatic imine (C=N–C) groups is 1. The summed E-state index contributed by atoms with van der Waals surface area (Å²) in [6, 6.07) is 43.7. The molecule has 0 heterocycles. The number of nitrogens with one attached hydrogen (secondary N) is 1. The average Bonchev–Trinajstić information content (AvgIpc) is 2.98. The summed E-state index contributed by atoms with van der Waals surface area (Å²) in [5.41, 5.74) is 3.75. The molecule has 0 aliphatic heterocycles. The van der Waals surface area contributed by atoms with E-state index in [2.05, 4.69) is 90.2 Å².